The lowest BCUT2D eigenvalue weighted by Gasteiger charge is -2.36. The first-order valence-electron chi connectivity index (χ1n) is 9.10. The van der Waals surface area contributed by atoms with Crippen molar-refractivity contribution in [3.63, 3.8) is 0 Å². The van der Waals surface area contributed by atoms with E-state index >= 15 is 0 Å². The van der Waals surface area contributed by atoms with Gasteiger partial charge >= 0.3 is 0 Å². The highest BCUT2D eigenvalue weighted by Gasteiger charge is 2.26. The molecule has 0 radical (unpaired) electrons. The van der Waals surface area contributed by atoms with E-state index in [4.69, 9.17) is 4.84 Å². The van der Waals surface area contributed by atoms with Gasteiger partial charge in [-0.05, 0) is 24.6 Å². The largest absolute Gasteiger partial charge is 0.390 e. The summed E-state index contributed by atoms with van der Waals surface area (Å²) in [6.07, 6.45) is 1.08. The molecule has 1 atom stereocenters. The van der Waals surface area contributed by atoms with Crippen molar-refractivity contribution in [2.45, 2.75) is 19.4 Å². The van der Waals surface area contributed by atoms with Crippen LogP contribution in [0.2, 0.25) is 0 Å². The van der Waals surface area contributed by atoms with Crippen LogP contribution in [0.4, 0.5) is 5.69 Å². The van der Waals surface area contributed by atoms with Gasteiger partial charge in [0.1, 0.15) is 6.10 Å². The van der Waals surface area contributed by atoms with Gasteiger partial charge in [-0.25, -0.2) is 0 Å². The molecule has 2 aliphatic rings. The smallest absolute Gasteiger partial charge is 0.145 e. The molecule has 4 rings (SSSR count). The number of rotatable bonds is 4. The minimum Gasteiger partial charge on any atom is -0.390 e. The summed E-state index contributed by atoms with van der Waals surface area (Å²) in [6, 6.07) is 19.2. The Morgan fingerprint density at radius 2 is 1.80 bits per heavy atom. The van der Waals surface area contributed by atoms with E-state index in [0.29, 0.717) is 0 Å². The Morgan fingerprint density at radius 1 is 1.00 bits per heavy atom. The van der Waals surface area contributed by atoms with Crippen molar-refractivity contribution in [2.75, 3.05) is 37.6 Å². The van der Waals surface area contributed by atoms with Gasteiger partial charge in [0, 0.05) is 44.8 Å². The second-order valence-electron chi connectivity index (χ2n) is 6.96. The van der Waals surface area contributed by atoms with Crippen LogP contribution in [0, 0.1) is 6.92 Å². The quantitative estimate of drug-likeness (QED) is 0.858. The molecule has 0 spiro atoms. The molecule has 2 heterocycles. The molecule has 0 N–H and O–H groups in total. The van der Waals surface area contributed by atoms with Crippen molar-refractivity contribution in [3.05, 3.63) is 65.7 Å². The number of hydrogen-bond donors (Lipinski definition) is 0. The second-order valence-corrected chi connectivity index (χ2v) is 6.96. The topological polar surface area (TPSA) is 28.1 Å². The number of anilines is 1. The maximum Gasteiger partial charge on any atom is 0.145 e. The van der Waals surface area contributed by atoms with Crippen LogP contribution in [0.3, 0.4) is 0 Å². The first kappa shape index (κ1) is 16.2. The van der Waals surface area contributed by atoms with E-state index in [-0.39, 0.29) is 6.10 Å². The average molecular weight is 335 g/mol. The van der Waals surface area contributed by atoms with Crippen LogP contribution in [0.25, 0.3) is 0 Å². The molecule has 1 fully saturated rings. The van der Waals surface area contributed by atoms with E-state index in [1.807, 2.05) is 0 Å². The number of oxime groups is 1. The zero-order valence-corrected chi connectivity index (χ0v) is 14.8. The SMILES string of the molecule is Cc1cccc(C2=NOC(CN3CCN(c4ccccc4)CC3)C2)c1. The third-order valence-electron chi connectivity index (χ3n) is 5.04. The van der Waals surface area contributed by atoms with Crippen LogP contribution >= 0.6 is 0 Å². The van der Waals surface area contributed by atoms with Crippen LogP contribution in [-0.4, -0.2) is 49.4 Å². The summed E-state index contributed by atoms with van der Waals surface area (Å²) in [4.78, 5) is 10.7. The van der Waals surface area contributed by atoms with Crippen LogP contribution in [0.15, 0.2) is 59.8 Å². The van der Waals surface area contributed by atoms with Crippen molar-refractivity contribution in [1.82, 2.24) is 4.90 Å². The number of piperazine rings is 1. The Kier molecular flexibility index (Phi) is 4.70. The Balaban J connectivity index is 1.28. The van der Waals surface area contributed by atoms with Crippen LogP contribution in [0.1, 0.15) is 17.5 Å². The Bertz CT molecular complexity index is 736. The second kappa shape index (κ2) is 7.28. The fourth-order valence-electron chi connectivity index (χ4n) is 3.64. The molecule has 1 saturated heterocycles. The summed E-state index contributed by atoms with van der Waals surface area (Å²) >= 11 is 0. The van der Waals surface area contributed by atoms with Gasteiger partial charge in [-0.1, -0.05) is 53.2 Å². The van der Waals surface area contributed by atoms with E-state index in [9.17, 15) is 0 Å². The Hall–Kier alpha value is -2.33. The van der Waals surface area contributed by atoms with Gasteiger partial charge in [0.15, 0.2) is 0 Å². The van der Waals surface area contributed by atoms with Crippen molar-refractivity contribution < 1.29 is 4.84 Å². The molecular weight excluding hydrogens is 310 g/mol. The normalized spacial score (nSPS) is 21.1. The summed E-state index contributed by atoms with van der Waals surface area (Å²) < 4.78 is 0. The zero-order chi connectivity index (χ0) is 17.1. The number of hydrogen-bond acceptors (Lipinski definition) is 4. The summed E-state index contributed by atoms with van der Waals surface area (Å²) in [5.74, 6) is 0. The fourth-order valence-corrected chi connectivity index (χ4v) is 3.64. The van der Waals surface area contributed by atoms with Crippen molar-refractivity contribution in [3.8, 4) is 0 Å². The molecule has 4 nitrogen and oxygen atoms in total. The monoisotopic (exact) mass is 335 g/mol. The van der Waals surface area contributed by atoms with E-state index in [1.165, 1.54) is 16.8 Å². The lowest BCUT2D eigenvalue weighted by atomic mass is 10.0. The van der Waals surface area contributed by atoms with Crippen molar-refractivity contribution in [2.24, 2.45) is 5.16 Å². The van der Waals surface area contributed by atoms with Gasteiger partial charge in [0.25, 0.3) is 0 Å². The molecule has 4 heteroatoms. The number of aryl methyl sites for hydroxylation is 1. The molecule has 0 saturated carbocycles. The maximum atomic E-state index is 5.71. The molecule has 0 amide bonds. The number of nitrogens with zero attached hydrogens (tertiary/aromatic N) is 3. The third kappa shape index (κ3) is 3.85. The van der Waals surface area contributed by atoms with Crippen LogP contribution in [0.5, 0.6) is 0 Å². The highest BCUT2D eigenvalue weighted by Crippen LogP contribution is 2.20. The Morgan fingerprint density at radius 3 is 2.56 bits per heavy atom. The first-order valence-corrected chi connectivity index (χ1v) is 9.10. The predicted octanol–water partition coefficient (Wildman–Crippen LogP) is 3.31. The lowest BCUT2D eigenvalue weighted by molar-refractivity contribution is 0.0510. The minimum atomic E-state index is 0.179. The van der Waals surface area contributed by atoms with Crippen LogP contribution in [-0.2, 0) is 4.84 Å². The maximum absolute atomic E-state index is 5.71. The van der Waals surface area contributed by atoms with Crippen molar-refractivity contribution >= 4 is 11.4 Å². The molecule has 2 aromatic carbocycles. The van der Waals surface area contributed by atoms with Gasteiger partial charge in [-0.2, -0.15) is 0 Å². The Labute approximate surface area is 149 Å². The van der Waals surface area contributed by atoms with Crippen molar-refractivity contribution in [1.29, 1.82) is 0 Å². The summed E-state index contributed by atoms with van der Waals surface area (Å²) in [6.45, 7) is 7.37. The molecule has 1 unspecified atom stereocenters. The minimum absolute atomic E-state index is 0.179. The third-order valence-corrected chi connectivity index (χ3v) is 5.04. The highest BCUT2D eigenvalue weighted by atomic mass is 16.6. The molecule has 130 valence electrons. The van der Waals surface area contributed by atoms with Gasteiger partial charge < -0.3 is 9.74 Å². The number of para-hydroxylation sites is 1. The van der Waals surface area contributed by atoms with Gasteiger partial charge in [-0.15, -0.1) is 0 Å². The molecule has 25 heavy (non-hydrogen) atoms. The molecular formula is C21H25N3O. The molecule has 0 aromatic heterocycles. The van der Waals surface area contributed by atoms with Gasteiger partial charge in [0.2, 0.25) is 0 Å². The fraction of sp³-hybridized carbons (Fsp3) is 0.381. The van der Waals surface area contributed by atoms with E-state index in [2.05, 4.69) is 76.5 Å². The average Bonchev–Trinajstić information content (AvgIpc) is 3.12. The van der Waals surface area contributed by atoms with E-state index < -0.39 is 0 Å². The highest BCUT2D eigenvalue weighted by molar-refractivity contribution is 6.01. The summed E-state index contributed by atoms with van der Waals surface area (Å²) in [5, 5.41) is 4.34. The lowest BCUT2D eigenvalue weighted by Crippen LogP contribution is -2.48. The number of benzene rings is 2. The molecule has 0 bridgehead atoms. The summed E-state index contributed by atoms with van der Waals surface area (Å²) in [5.41, 5.74) is 4.86. The predicted molar refractivity (Wildman–Crippen MR) is 102 cm³/mol. The summed E-state index contributed by atoms with van der Waals surface area (Å²) in [7, 11) is 0. The molecule has 2 aromatic rings. The van der Waals surface area contributed by atoms with E-state index in [0.717, 1.165) is 44.9 Å². The standard InChI is InChI=1S/C21H25N3O/c1-17-6-5-7-18(14-17)21-15-20(25-22-21)16-23-10-12-24(13-11-23)19-8-3-2-4-9-19/h2-9,14,20H,10-13,15-16H2,1H3. The first-order chi connectivity index (χ1) is 12.3. The van der Waals surface area contributed by atoms with Crippen LogP contribution < -0.4 is 4.90 Å². The van der Waals surface area contributed by atoms with E-state index in [1.54, 1.807) is 0 Å². The van der Waals surface area contributed by atoms with Gasteiger partial charge in [-0.3, -0.25) is 4.90 Å². The molecule has 2 aliphatic heterocycles. The zero-order valence-electron chi connectivity index (χ0n) is 14.8. The molecule has 0 aliphatic carbocycles. The van der Waals surface area contributed by atoms with Gasteiger partial charge in [0.05, 0.1) is 5.71 Å².